The number of methoxy groups -OCH3 is 1. The van der Waals surface area contributed by atoms with Crippen LogP contribution in [0.4, 0.5) is 0 Å². The number of aryl methyl sites for hydroxylation is 1. The molecule has 1 saturated carbocycles. The summed E-state index contributed by atoms with van der Waals surface area (Å²) in [4.78, 5) is 18.3. The van der Waals surface area contributed by atoms with Gasteiger partial charge in [0.05, 0.1) is 5.60 Å². The third-order valence-corrected chi connectivity index (χ3v) is 9.09. The molecule has 3 atom stereocenters. The van der Waals surface area contributed by atoms with Gasteiger partial charge in [-0.3, -0.25) is 4.79 Å². The largest absolute Gasteiger partial charge is 0.508 e. The zero-order chi connectivity index (χ0) is 27.2. The predicted octanol–water partition coefficient (Wildman–Crippen LogP) is 6.19. The predicted molar refractivity (Wildman–Crippen MR) is 154 cm³/mol. The van der Waals surface area contributed by atoms with E-state index in [0.717, 1.165) is 76.6 Å². The van der Waals surface area contributed by atoms with E-state index < -0.39 is 0 Å². The number of phenols is 1. The molecule has 208 valence electrons. The first-order valence-corrected chi connectivity index (χ1v) is 14.7. The standard InChI is InChI=1S/C33H48N2O3/c1-26(2)24-35(31(37)17-10-6-9-14-27-12-7-5-8-13-27)29-18-19-33(38-4)25-34(3)21-20-32(33,23-29)28-15-11-16-30(36)22-28/h5,7-8,11-13,15-16,22,26,29,36H,6,9-10,14,17-21,23-25H2,1-4H3/t29-,32+,33+/m1/s1. The Morgan fingerprint density at radius 3 is 2.61 bits per heavy atom. The Balaban J connectivity index is 1.50. The fourth-order valence-electron chi connectivity index (χ4n) is 7.16. The fourth-order valence-corrected chi connectivity index (χ4v) is 7.16. The van der Waals surface area contributed by atoms with Crippen molar-refractivity contribution in [3.8, 4) is 5.75 Å². The number of unbranched alkanes of at least 4 members (excludes halogenated alkanes) is 2. The van der Waals surface area contributed by atoms with Crippen molar-refractivity contribution in [2.24, 2.45) is 5.92 Å². The lowest BCUT2D eigenvalue weighted by atomic mass is 9.55. The molecule has 1 aliphatic carbocycles. The molecule has 0 aromatic heterocycles. The molecule has 1 saturated heterocycles. The number of carbonyl (C=O) groups is 1. The second kappa shape index (κ2) is 12.7. The van der Waals surface area contributed by atoms with Crippen LogP contribution >= 0.6 is 0 Å². The Bertz CT molecular complexity index is 1040. The molecule has 1 N–H and O–H groups in total. The average Bonchev–Trinajstić information content (AvgIpc) is 2.91. The van der Waals surface area contributed by atoms with E-state index in [2.05, 4.69) is 67.1 Å². The summed E-state index contributed by atoms with van der Waals surface area (Å²) in [5.74, 6) is 1.02. The molecule has 4 rings (SSSR count). The van der Waals surface area contributed by atoms with Crippen molar-refractivity contribution in [2.75, 3.05) is 33.8 Å². The summed E-state index contributed by atoms with van der Waals surface area (Å²) in [6, 6.07) is 18.6. The average molecular weight is 521 g/mol. The minimum atomic E-state index is -0.325. The van der Waals surface area contributed by atoms with Crippen LogP contribution in [0.15, 0.2) is 54.6 Å². The fraction of sp³-hybridized carbons (Fsp3) is 0.606. The van der Waals surface area contributed by atoms with Crippen LogP contribution in [0.1, 0.15) is 76.3 Å². The smallest absolute Gasteiger partial charge is 0.222 e. The Hall–Kier alpha value is -2.37. The van der Waals surface area contributed by atoms with Crippen LogP contribution in [0.3, 0.4) is 0 Å². The van der Waals surface area contributed by atoms with Gasteiger partial charge in [-0.15, -0.1) is 0 Å². The summed E-state index contributed by atoms with van der Waals surface area (Å²) < 4.78 is 6.42. The van der Waals surface area contributed by atoms with Gasteiger partial charge in [0.15, 0.2) is 0 Å². The SMILES string of the molecule is CO[C@]12CC[C@@H](N(CC(C)C)C(=O)CCCCCc3ccccc3)C[C@]1(c1cccc(O)c1)CCN(C)C2. The van der Waals surface area contributed by atoms with Crippen molar-refractivity contribution in [3.63, 3.8) is 0 Å². The highest BCUT2D eigenvalue weighted by Gasteiger charge is 2.59. The van der Waals surface area contributed by atoms with Crippen molar-refractivity contribution in [1.29, 1.82) is 0 Å². The molecule has 1 aliphatic heterocycles. The zero-order valence-electron chi connectivity index (χ0n) is 24.0. The minimum Gasteiger partial charge on any atom is -0.508 e. The zero-order valence-corrected chi connectivity index (χ0v) is 24.0. The summed E-state index contributed by atoms with van der Waals surface area (Å²) in [6.45, 7) is 7.06. The maximum Gasteiger partial charge on any atom is 0.222 e. The lowest BCUT2D eigenvalue weighted by molar-refractivity contribution is -0.160. The van der Waals surface area contributed by atoms with E-state index in [0.29, 0.717) is 24.0 Å². The lowest BCUT2D eigenvalue weighted by Gasteiger charge is -2.60. The number of fused-ring (bicyclic) bond motifs is 1. The molecule has 2 aliphatic rings. The summed E-state index contributed by atoms with van der Waals surface area (Å²) in [5, 5.41) is 10.4. The maximum absolute atomic E-state index is 13.7. The molecule has 0 spiro atoms. The van der Waals surface area contributed by atoms with Gasteiger partial charge in [-0.25, -0.2) is 0 Å². The number of piperidine rings is 1. The number of carbonyl (C=O) groups excluding carboxylic acids is 1. The van der Waals surface area contributed by atoms with Gasteiger partial charge in [-0.1, -0.05) is 62.7 Å². The summed E-state index contributed by atoms with van der Waals surface area (Å²) in [6.07, 6.45) is 8.54. The Morgan fingerprint density at radius 1 is 1.11 bits per heavy atom. The summed E-state index contributed by atoms with van der Waals surface area (Å²) in [7, 11) is 4.02. The van der Waals surface area contributed by atoms with Gasteiger partial charge in [0, 0.05) is 38.1 Å². The number of likely N-dealkylation sites (N-methyl/N-ethyl adjacent to an activating group) is 1. The van der Waals surface area contributed by atoms with Crippen LogP contribution in [0, 0.1) is 5.92 Å². The number of phenolic OH excluding ortho intramolecular Hbond substituents is 1. The number of amides is 1. The summed E-state index contributed by atoms with van der Waals surface area (Å²) in [5.41, 5.74) is 1.96. The molecule has 0 unspecified atom stereocenters. The topological polar surface area (TPSA) is 53.0 Å². The van der Waals surface area contributed by atoms with Gasteiger partial charge in [-0.05, 0) is 87.7 Å². The monoisotopic (exact) mass is 520 g/mol. The molecule has 1 heterocycles. The van der Waals surface area contributed by atoms with Gasteiger partial charge in [-0.2, -0.15) is 0 Å². The number of hydrogen-bond donors (Lipinski definition) is 1. The molecule has 0 radical (unpaired) electrons. The van der Waals surface area contributed by atoms with Gasteiger partial charge in [0.25, 0.3) is 0 Å². The van der Waals surface area contributed by atoms with Crippen LogP contribution in [0.25, 0.3) is 0 Å². The van der Waals surface area contributed by atoms with E-state index in [-0.39, 0.29) is 17.1 Å². The molecule has 2 aromatic rings. The highest BCUT2D eigenvalue weighted by molar-refractivity contribution is 5.76. The first-order valence-electron chi connectivity index (χ1n) is 14.7. The van der Waals surface area contributed by atoms with E-state index in [1.165, 1.54) is 5.56 Å². The minimum absolute atomic E-state index is 0.184. The van der Waals surface area contributed by atoms with Crippen molar-refractivity contribution in [1.82, 2.24) is 9.80 Å². The van der Waals surface area contributed by atoms with Crippen LogP contribution in [0.2, 0.25) is 0 Å². The first-order chi connectivity index (χ1) is 18.3. The van der Waals surface area contributed by atoms with Gasteiger partial charge in [0.1, 0.15) is 5.75 Å². The molecular weight excluding hydrogens is 472 g/mol. The normalized spacial score (nSPS) is 25.8. The number of ether oxygens (including phenoxy) is 1. The molecule has 0 bridgehead atoms. The second-order valence-electron chi connectivity index (χ2n) is 12.2. The maximum atomic E-state index is 13.7. The molecule has 2 aromatic carbocycles. The van der Waals surface area contributed by atoms with Crippen LogP contribution < -0.4 is 0 Å². The van der Waals surface area contributed by atoms with Gasteiger partial charge < -0.3 is 19.6 Å². The van der Waals surface area contributed by atoms with Crippen LogP contribution in [0.5, 0.6) is 5.75 Å². The molecule has 5 heteroatoms. The van der Waals surface area contributed by atoms with E-state index in [4.69, 9.17) is 4.74 Å². The van der Waals surface area contributed by atoms with E-state index in [1.54, 1.807) is 6.07 Å². The number of benzene rings is 2. The quantitative estimate of drug-likeness (QED) is 0.359. The number of nitrogens with zero attached hydrogens (tertiary/aromatic N) is 2. The molecule has 1 amide bonds. The highest BCUT2D eigenvalue weighted by Crippen LogP contribution is 2.54. The Morgan fingerprint density at radius 2 is 1.89 bits per heavy atom. The van der Waals surface area contributed by atoms with Crippen molar-refractivity contribution in [2.45, 2.75) is 88.7 Å². The Kier molecular flexibility index (Phi) is 9.54. The third kappa shape index (κ3) is 6.26. The molecular formula is C33H48N2O3. The number of aromatic hydroxyl groups is 1. The van der Waals surface area contributed by atoms with E-state index >= 15 is 0 Å². The molecule has 2 fully saturated rings. The van der Waals surface area contributed by atoms with E-state index in [1.807, 2.05) is 19.2 Å². The third-order valence-electron chi connectivity index (χ3n) is 9.09. The number of hydrogen-bond acceptors (Lipinski definition) is 4. The van der Waals surface area contributed by atoms with Crippen LogP contribution in [-0.2, 0) is 21.4 Å². The summed E-state index contributed by atoms with van der Waals surface area (Å²) >= 11 is 0. The molecule has 5 nitrogen and oxygen atoms in total. The second-order valence-corrected chi connectivity index (χ2v) is 12.2. The van der Waals surface area contributed by atoms with Crippen molar-refractivity contribution in [3.05, 3.63) is 65.7 Å². The molecule has 38 heavy (non-hydrogen) atoms. The van der Waals surface area contributed by atoms with E-state index in [9.17, 15) is 9.90 Å². The van der Waals surface area contributed by atoms with Crippen LogP contribution in [-0.4, -0.2) is 66.2 Å². The first kappa shape index (κ1) is 28.6. The van der Waals surface area contributed by atoms with Crippen molar-refractivity contribution < 1.29 is 14.6 Å². The van der Waals surface area contributed by atoms with Gasteiger partial charge in [0.2, 0.25) is 5.91 Å². The lowest BCUT2D eigenvalue weighted by Crippen LogP contribution is -2.67. The number of likely N-dealkylation sites (tertiary alicyclic amines) is 1. The number of rotatable bonds is 11. The Labute approximate surface area is 230 Å². The van der Waals surface area contributed by atoms with Crippen molar-refractivity contribution >= 4 is 5.91 Å². The highest BCUT2D eigenvalue weighted by atomic mass is 16.5. The van der Waals surface area contributed by atoms with Gasteiger partial charge >= 0.3 is 0 Å².